The number of nitrogens with zero attached hydrogens (tertiary/aromatic N) is 4. The Morgan fingerprint density at radius 1 is 1.13 bits per heavy atom. The van der Waals surface area contributed by atoms with Crippen LogP contribution in [0.15, 0.2) is 55.0 Å². The molecular formula is C30H40N6O2. The molecule has 1 aliphatic rings. The number of pyridine rings is 2. The van der Waals surface area contributed by atoms with Crippen LogP contribution >= 0.6 is 0 Å². The summed E-state index contributed by atoms with van der Waals surface area (Å²) in [4.78, 5) is 26.1. The summed E-state index contributed by atoms with van der Waals surface area (Å²) >= 11 is 0. The second kappa shape index (κ2) is 12.7. The number of rotatable bonds is 10. The highest BCUT2D eigenvalue weighted by molar-refractivity contribution is 5.99. The minimum Gasteiger partial charge on any atom is -0.497 e. The van der Waals surface area contributed by atoms with E-state index >= 15 is 0 Å². The molecule has 1 aromatic carbocycles. The number of anilines is 2. The number of benzene rings is 1. The molecule has 8 heteroatoms. The summed E-state index contributed by atoms with van der Waals surface area (Å²) in [5.41, 5.74) is 11.0. The Hall–Kier alpha value is -3.65. The van der Waals surface area contributed by atoms with E-state index in [4.69, 9.17) is 10.5 Å². The molecule has 1 aliphatic heterocycles. The number of nitrogen functional groups attached to an aromatic ring is 1. The molecule has 0 aliphatic carbocycles. The lowest BCUT2D eigenvalue weighted by Gasteiger charge is -2.42. The van der Waals surface area contributed by atoms with Crippen LogP contribution in [0.4, 0.5) is 11.5 Å². The van der Waals surface area contributed by atoms with Gasteiger partial charge in [-0.15, -0.1) is 0 Å². The minimum absolute atomic E-state index is 0.153. The molecule has 3 heterocycles. The van der Waals surface area contributed by atoms with Gasteiger partial charge < -0.3 is 25.6 Å². The Kier molecular flexibility index (Phi) is 9.18. The van der Waals surface area contributed by atoms with Gasteiger partial charge in [0, 0.05) is 62.5 Å². The molecule has 0 spiro atoms. The number of hydrogen-bond acceptors (Lipinski definition) is 7. The number of carbonyl (C=O) groups is 1. The van der Waals surface area contributed by atoms with Crippen LogP contribution in [-0.4, -0.2) is 59.6 Å². The third-order valence-electron chi connectivity index (χ3n) is 7.72. The number of carbonyl (C=O) groups excluding carboxylic acids is 1. The first-order chi connectivity index (χ1) is 18.4. The summed E-state index contributed by atoms with van der Waals surface area (Å²) in [5, 5.41) is 3.03. The van der Waals surface area contributed by atoms with Crippen molar-refractivity contribution in [3.05, 3.63) is 77.2 Å². The van der Waals surface area contributed by atoms with Gasteiger partial charge in [0.25, 0.3) is 5.91 Å². The zero-order valence-corrected chi connectivity index (χ0v) is 23.0. The maximum absolute atomic E-state index is 12.6. The van der Waals surface area contributed by atoms with Gasteiger partial charge >= 0.3 is 0 Å². The molecule has 1 saturated heterocycles. The second-order valence-corrected chi connectivity index (χ2v) is 10.2. The SMILES string of the molecule is COc1ccc(N(Cc2cnccc2C)C2CCN([C@H](C)CCNC(=O)c3c(C)ccnc3N)CC2)cc1. The standard InChI is InChI=1S/C30H40N6O2/c1-21-9-14-32-19-24(21)20-36(25-5-7-27(38-4)8-6-25)26-12-17-35(18-13-26)23(3)11-16-34-30(37)28-22(2)10-15-33-29(28)31/h5-10,14-15,19,23,26H,11-13,16-18,20H2,1-4H3,(H2,31,33)(H,34,37)/t23-/m1/s1. The van der Waals surface area contributed by atoms with Crippen molar-refractivity contribution in [2.45, 2.75) is 58.7 Å². The number of methoxy groups -OCH3 is 1. The van der Waals surface area contributed by atoms with E-state index in [-0.39, 0.29) is 11.7 Å². The molecule has 202 valence electrons. The molecule has 1 amide bonds. The number of aromatic nitrogens is 2. The Balaban J connectivity index is 1.34. The lowest BCUT2D eigenvalue weighted by molar-refractivity contribution is 0.0945. The van der Waals surface area contributed by atoms with Crippen molar-refractivity contribution in [2.24, 2.45) is 0 Å². The van der Waals surface area contributed by atoms with Gasteiger partial charge in [0.15, 0.2) is 0 Å². The molecule has 38 heavy (non-hydrogen) atoms. The van der Waals surface area contributed by atoms with E-state index in [0.29, 0.717) is 24.2 Å². The minimum atomic E-state index is -0.153. The van der Waals surface area contributed by atoms with E-state index < -0.39 is 0 Å². The number of aryl methyl sites for hydroxylation is 2. The molecule has 4 rings (SSSR count). The number of amides is 1. The van der Waals surface area contributed by atoms with E-state index in [2.05, 4.69) is 57.1 Å². The Bertz CT molecular complexity index is 1190. The van der Waals surface area contributed by atoms with E-state index in [1.54, 1.807) is 13.3 Å². The van der Waals surface area contributed by atoms with Crippen LogP contribution in [-0.2, 0) is 6.54 Å². The maximum Gasteiger partial charge on any atom is 0.255 e. The molecule has 0 saturated carbocycles. The summed E-state index contributed by atoms with van der Waals surface area (Å²) in [7, 11) is 1.70. The van der Waals surface area contributed by atoms with E-state index in [9.17, 15) is 4.79 Å². The van der Waals surface area contributed by atoms with Crippen molar-refractivity contribution in [3.63, 3.8) is 0 Å². The predicted octanol–water partition coefficient (Wildman–Crippen LogP) is 4.36. The number of nitrogens with two attached hydrogens (primary N) is 1. The molecule has 0 radical (unpaired) electrons. The first-order valence-electron chi connectivity index (χ1n) is 13.4. The lowest BCUT2D eigenvalue weighted by atomic mass is 9.99. The van der Waals surface area contributed by atoms with Crippen LogP contribution in [0.5, 0.6) is 5.75 Å². The van der Waals surface area contributed by atoms with Crippen molar-refractivity contribution in [3.8, 4) is 5.75 Å². The monoisotopic (exact) mass is 516 g/mol. The van der Waals surface area contributed by atoms with E-state index in [1.807, 2.05) is 37.5 Å². The molecule has 0 unspecified atom stereocenters. The second-order valence-electron chi connectivity index (χ2n) is 10.2. The molecule has 3 aromatic rings. The number of ether oxygens (including phenoxy) is 1. The third kappa shape index (κ3) is 6.61. The highest BCUT2D eigenvalue weighted by Crippen LogP contribution is 2.29. The number of likely N-dealkylation sites (tertiary alicyclic amines) is 1. The fourth-order valence-electron chi connectivity index (χ4n) is 5.23. The van der Waals surface area contributed by atoms with Crippen molar-refractivity contribution < 1.29 is 9.53 Å². The summed E-state index contributed by atoms with van der Waals surface area (Å²) in [6.07, 6.45) is 8.50. The molecule has 1 fully saturated rings. The Morgan fingerprint density at radius 3 is 2.50 bits per heavy atom. The van der Waals surface area contributed by atoms with Crippen LogP contribution in [0.1, 0.15) is 53.2 Å². The topological polar surface area (TPSA) is 96.6 Å². The fourth-order valence-corrected chi connectivity index (χ4v) is 5.23. The number of nitrogens with one attached hydrogen (secondary N) is 1. The average molecular weight is 517 g/mol. The molecule has 1 atom stereocenters. The normalized spacial score (nSPS) is 15.2. The van der Waals surface area contributed by atoms with Crippen LogP contribution in [0.25, 0.3) is 0 Å². The molecule has 3 N–H and O–H groups in total. The Labute approximate surface area is 226 Å². The quantitative estimate of drug-likeness (QED) is 0.413. The van der Waals surface area contributed by atoms with Crippen molar-refractivity contribution in [1.82, 2.24) is 20.2 Å². The van der Waals surface area contributed by atoms with Gasteiger partial charge in [0.05, 0.1) is 12.7 Å². The van der Waals surface area contributed by atoms with Gasteiger partial charge in [-0.1, -0.05) is 0 Å². The van der Waals surface area contributed by atoms with Crippen molar-refractivity contribution >= 4 is 17.4 Å². The predicted molar refractivity (Wildman–Crippen MR) is 153 cm³/mol. The van der Waals surface area contributed by atoms with Crippen LogP contribution in [0.3, 0.4) is 0 Å². The van der Waals surface area contributed by atoms with Crippen molar-refractivity contribution in [1.29, 1.82) is 0 Å². The lowest BCUT2D eigenvalue weighted by Crippen LogP contribution is -2.48. The summed E-state index contributed by atoms with van der Waals surface area (Å²) in [6, 6.07) is 13.1. The van der Waals surface area contributed by atoms with Gasteiger partial charge in [0.1, 0.15) is 11.6 Å². The third-order valence-corrected chi connectivity index (χ3v) is 7.72. The highest BCUT2D eigenvalue weighted by Gasteiger charge is 2.27. The Morgan fingerprint density at radius 2 is 1.84 bits per heavy atom. The van der Waals surface area contributed by atoms with Gasteiger partial charge in [-0.3, -0.25) is 9.78 Å². The molecule has 0 bridgehead atoms. The summed E-state index contributed by atoms with van der Waals surface area (Å²) in [6.45, 7) is 9.75. The molecule has 8 nitrogen and oxygen atoms in total. The van der Waals surface area contributed by atoms with Crippen LogP contribution in [0.2, 0.25) is 0 Å². The van der Waals surface area contributed by atoms with Gasteiger partial charge in [-0.25, -0.2) is 4.98 Å². The average Bonchev–Trinajstić information content (AvgIpc) is 2.93. The fraction of sp³-hybridized carbons (Fsp3) is 0.433. The first-order valence-corrected chi connectivity index (χ1v) is 13.4. The zero-order valence-electron chi connectivity index (χ0n) is 23.0. The van der Waals surface area contributed by atoms with E-state index in [1.165, 1.54) is 16.8 Å². The smallest absolute Gasteiger partial charge is 0.255 e. The largest absolute Gasteiger partial charge is 0.497 e. The molecule has 2 aromatic heterocycles. The van der Waals surface area contributed by atoms with E-state index in [0.717, 1.165) is 50.2 Å². The van der Waals surface area contributed by atoms with Crippen LogP contribution in [0, 0.1) is 13.8 Å². The first kappa shape index (κ1) is 27.4. The highest BCUT2D eigenvalue weighted by atomic mass is 16.5. The van der Waals surface area contributed by atoms with Gasteiger partial charge in [0.2, 0.25) is 0 Å². The summed E-state index contributed by atoms with van der Waals surface area (Å²) < 4.78 is 5.39. The number of hydrogen-bond donors (Lipinski definition) is 2. The number of piperidine rings is 1. The van der Waals surface area contributed by atoms with Crippen molar-refractivity contribution in [2.75, 3.05) is 37.4 Å². The van der Waals surface area contributed by atoms with Crippen LogP contribution < -0.4 is 20.7 Å². The van der Waals surface area contributed by atoms with Gasteiger partial charge in [-0.2, -0.15) is 0 Å². The van der Waals surface area contributed by atoms with Gasteiger partial charge in [-0.05, 0) is 93.1 Å². The summed E-state index contributed by atoms with van der Waals surface area (Å²) in [5.74, 6) is 0.990. The molecular weight excluding hydrogens is 476 g/mol. The zero-order chi connectivity index (χ0) is 27.1. The maximum atomic E-state index is 12.6.